The Kier molecular flexibility index (Phi) is 7.18. The average Bonchev–Trinajstić information content (AvgIpc) is 2.80. The molecular weight excluding hydrogens is 412 g/mol. The van der Waals surface area contributed by atoms with Crippen molar-refractivity contribution in [3.63, 3.8) is 0 Å². The van der Waals surface area contributed by atoms with E-state index in [-0.39, 0.29) is 12.3 Å². The van der Waals surface area contributed by atoms with Gasteiger partial charge in [0.2, 0.25) is 5.91 Å². The monoisotopic (exact) mass is 440 g/mol. The number of piperazine rings is 1. The Morgan fingerprint density at radius 2 is 1.78 bits per heavy atom. The van der Waals surface area contributed by atoms with Crippen molar-refractivity contribution in [3.05, 3.63) is 48.3 Å². The third-order valence-corrected chi connectivity index (χ3v) is 5.66. The topological polar surface area (TPSA) is 104 Å². The van der Waals surface area contributed by atoms with E-state index < -0.39 is 11.9 Å². The first-order valence-electron chi connectivity index (χ1n) is 10.8. The van der Waals surface area contributed by atoms with Crippen molar-refractivity contribution >= 4 is 17.6 Å². The van der Waals surface area contributed by atoms with Gasteiger partial charge in [-0.2, -0.15) is 0 Å². The van der Waals surface area contributed by atoms with Gasteiger partial charge in [-0.25, -0.2) is 0 Å². The first-order chi connectivity index (χ1) is 15.6. The number of aliphatic carboxylic acids is 1. The lowest BCUT2D eigenvalue weighted by molar-refractivity contribution is -0.144. The molecule has 0 aliphatic carbocycles. The molecule has 4 rings (SSSR count). The number of carbonyl (C=O) groups is 2. The van der Waals surface area contributed by atoms with Gasteiger partial charge in [0, 0.05) is 63.6 Å². The van der Waals surface area contributed by atoms with Crippen LogP contribution in [0.15, 0.2) is 42.6 Å². The third-order valence-electron chi connectivity index (χ3n) is 5.66. The fourth-order valence-corrected chi connectivity index (χ4v) is 3.95. The molecule has 2 aliphatic heterocycles. The predicted octanol–water partition coefficient (Wildman–Crippen LogP) is 1.70. The zero-order chi connectivity index (χ0) is 22.3. The van der Waals surface area contributed by atoms with Crippen LogP contribution < -0.4 is 14.8 Å². The Morgan fingerprint density at radius 3 is 2.50 bits per heavy atom. The molecule has 1 fully saturated rings. The summed E-state index contributed by atoms with van der Waals surface area (Å²) < 4.78 is 11.0. The first-order valence-corrected chi connectivity index (χ1v) is 10.8. The van der Waals surface area contributed by atoms with Gasteiger partial charge in [-0.3, -0.25) is 24.4 Å². The van der Waals surface area contributed by atoms with Crippen molar-refractivity contribution in [2.24, 2.45) is 5.92 Å². The summed E-state index contributed by atoms with van der Waals surface area (Å²) in [6.45, 7) is 5.30. The Morgan fingerprint density at radius 1 is 1.03 bits per heavy atom. The maximum Gasteiger partial charge on any atom is 0.308 e. The molecular formula is C23H28N4O5. The van der Waals surface area contributed by atoms with Crippen molar-refractivity contribution in [1.29, 1.82) is 0 Å². The maximum absolute atomic E-state index is 12.5. The molecule has 0 saturated carbocycles. The molecule has 2 N–H and O–H groups in total. The Labute approximate surface area is 186 Å². The summed E-state index contributed by atoms with van der Waals surface area (Å²) in [7, 11) is 0. The summed E-state index contributed by atoms with van der Waals surface area (Å²) in [5.74, 6) is -0.845. The summed E-state index contributed by atoms with van der Waals surface area (Å²) in [5, 5.41) is 12.4. The van der Waals surface area contributed by atoms with Crippen LogP contribution in [0.4, 0.5) is 5.69 Å². The number of nitrogens with zero attached hydrogens (tertiary/aromatic N) is 3. The summed E-state index contributed by atoms with van der Waals surface area (Å²) in [6.07, 6.45) is 1.71. The van der Waals surface area contributed by atoms with Gasteiger partial charge in [-0.1, -0.05) is 6.07 Å². The molecule has 1 aromatic heterocycles. The second kappa shape index (κ2) is 10.4. The van der Waals surface area contributed by atoms with Crippen LogP contribution in [0.25, 0.3) is 0 Å². The number of ether oxygens (including phenoxy) is 2. The highest BCUT2D eigenvalue weighted by atomic mass is 16.6. The van der Waals surface area contributed by atoms with Gasteiger partial charge in [0.15, 0.2) is 11.5 Å². The average molecular weight is 441 g/mol. The summed E-state index contributed by atoms with van der Waals surface area (Å²) in [5.41, 5.74) is 1.59. The number of fused-ring (bicyclic) bond motifs is 1. The van der Waals surface area contributed by atoms with Crippen LogP contribution in [0.3, 0.4) is 0 Å². The SMILES string of the molecule is O=C(C[C@@H](CN1CCN(Cc2ccccn2)CC1)C(=O)O)Nc1ccc2c(c1)OCCO2. The van der Waals surface area contributed by atoms with Crippen LogP contribution in [0.5, 0.6) is 11.5 Å². The van der Waals surface area contributed by atoms with Crippen LogP contribution in [-0.2, 0) is 16.1 Å². The number of hydrogen-bond donors (Lipinski definition) is 2. The molecule has 3 heterocycles. The molecule has 0 radical (unpaired) electrons. The van der Waals surface area contributed by atoms with Gasteiger partial charge < -0.3 is 19.9 Å². The van der Waals surface area contributed by atoms with E-state index in [9.17, 15) is 14.7 Å². The second-order valence-corrected chi connectivity index (χ2v) is 8.04. The zero-order valence-electron chi connectivity index (χ0n) is 17.9. The summed E-state index contributed by atoms with van der Waals surface area (Å²) in [6, 6.07) is 11.0. The minimum atomic E-state index is -0.960. The van der Waals surface area contributed by atoms with Crippen molar-refractivity contribution in [3.8, 4) is 11.5 Å². The van der Waals surface area contributed by atoms with Crippen molar-refractivity contribution in [1.82, 2.24) is 14.8 Å². The molecule has 2 aromatic rings. The first kappa shape index (κ1) is 22.0. The number of aromatic nitrogens is 1. The Bertz CT molecular complexity index is 931. The molecule has 9 heteroatoms. The van der Waals surface area contributed by atoms with Crippen LogP contribution in [0.2, 0.25) is 0 Å². The van der Waals surface area contributed by atoms with E-state index in [4.69, 9.17) is 9.47 Å². The highest BCUT2D eigenvalue weighted by Gasteiger charge is 2.27. The van der Waals surface area contributed by atoms with E-state index >= 15 is 0 Å². The van der Waals surface area contributed by atoms with E-state index in [1.54, 1.807) is 24.4 Å². The second-order valence-electron chi connectivity index (χ2n) is 8.04. The molecule has 2 aliphatic rings. The number of hydrogen-bond acceptors (Lipinski definition) is 7. The summed E-state index contributed by atoms with van der Waals surface area (Å²) >= 11 is 0. The lowest BCUT2D eigenvalue weighted by atomic mass is 10.0. The number of carboxylic acids is 1. The Hall–Kier alpha value is -3.17. The van der Waals surface area contributed by atoms with Crippen molar-refractivity contribution in [2.75, 3.05) is 51.3 Å². The number of amides is 1. The largest absolute Gasteiger partial charge is 0.486 e. The minimum absolute atomic E-state index is 0.0854. The fraction of sp³-hybridized carbons (Fsp3) is 0.435. The molecule has 32 heavy (non-hydrogen) atoms. The van der Waals surface area contributed by atoms with Crippen LogP contribution in [0.1, 0.15) is 12.1 Å². The molecule has 170 valence electrons. The predicted molar refractivity (Wildman–Crippen MR) is 118 cm³/mol. The summed E-state index contributed by atoms with van der Waals surface area (Å²) in [4.78, 5) is 33.1. The van der Waals surface area contributed by atoms with Gasteiger partial charge in [0.25, 0.3) is 0 Å². The van der Waals surface area contributed by atoms with Crippen LogP contribution in [-0.4, -0.2) is 77.7 Å². The minimum Gasteiger partial charge on any atom is -0.486 e. The fourth-order valence-electron chi connectivity index (χ4n) is 3.95. The zero-order valence-corrected chi connectivity index (χ0v) is 17.9. The Balaban J connectivity index is 1.26. The third kappa shape index (κ3) is 5.95. The molecule has 0 spiro atoms. The van der Waals surface area contributed by atoms with E-state index in [0.29, 0.717) is 36.9 Å². The number of carbonyl (C=O) groups excluding carboxylic acids is 1. The molecule has 1 amide bonds. The number of anilines is 1. The van der Waals surface area contributed by atoms with E-state index in [1.165, 1.54) is 0 Å². The van der Waals surface area contributed by atoms with E-state index in [0.717, 1.165) is 38.4 Å². The van der Waals surface area contributed by atoms with Crippen LogP contribution in [0, 0.1) is 5.92 Å². The number of carboxylic acid groups (broad SMARTS) is 1. The number of pyridine rings is 1. The highest BCUT2D eigenvalue weighted by Crippen LogP contribution is 2.32. The van der Waals surface area contributed by atoms with Crippen molar-refractivity contribution in [2.45, 2.75) is 13.0 Å². The molecule has 0 unspecified atom stereocenters. The lowest BCUT2D eigenvalue weighted by Gasteiger charge is -2.35. The van der Waals surface area contributed by atoms with Crippen molar-refractivity contribution < 1.29 is 24.2 Å². The van der Waals surface area contributed by atoms with Gasteiger partial charge in [-0.05, 0) is 24.3 Å². The molecule has 1 aromatic carbocycles. The van der Waals surface area contributed by atoms with E-state index in [1.807, 2.05) is 18.2 Å². The smallest absolute Gasteiger partial charge is 0.308 e. The molecule has 1 atom stereocenters. The molecule has 9 nitrogen and oxygen atoms in total. The standard InChI is InChI=1S/C23H28N4O5/c28-22(25-18-4-5-20-21(14-18)32-12-11-31-20)13-17(23(29)30)15-26-7-9-27(10-8-26)16-19-3-1-2-6-24-19/h1-6,14,17H,7-13,15-16H2,(H,25,28)(H,29,30)/t17-/m0/s1. The van der Waals surface area contributed by atoms with Gasteiger partial charge >= 0.3 is 5.97 Å². The molecule has 1 saturated heterocycles. The normalized spacial score (nSPS) is 17.5. The maximum atomic E-state index is 12.5. The van der Waals surface area contributed by atoms with Crippen LogP contribution >= 0.6 is 0 Å². The highest BCUT2D eigenvalue weighted by molar-refractivity contribution is 5.93. The lowest BCUT2D eigenvalue weighted by Crippen LogP contribution is -2.48. The number of rotatable bonds is 8. The van der Waals surface area contributed by atoms with Gasteiger partial charge in [0.05, 0.1) is 11.6 Å². The quantitative estimate of drug-likeness (QED) is 0.639. The molecule has 0 bridgehead atoms. The van der Waals surface area contributed by atoms with Gasteiger partial charge in [-0.15, -0.1) is 0 Å². The van der Waals surface area contributed by atoms with Gasteiger partial charge in [0.1, 0.15) is 13.2 Å². The van der Waals surface area contributed by atoms with E-state index in [2.05, 4.69) is 20.1 Å². The number of benzene rings is 1. The number of nitrogens with one attached hydrogen (secondary N) is 1.